The van der Waals surface area contributed by atoms with Crippen LogP contribution in [0.2, 0.25) is 0 Å². The Morgan fingerprint density at radius 2 is 1.87 bits per heavy atom. The normalized spacial score (nSPS) is 31.1. The van der Waals surface area contributed by atoms with E-state index in [-0.39, 0.29) is 19.0 Å². The Hall–Kier alpha value is -1.62. The Labute approximate surface area is 226 Å². The smallest absolute Gasteiger partial charge is 0.326 e. The second-order valence-corrected chi connectivity index (χ2v) is 10.0. The van der Waals surface area contributed by atoms with E-state index in [2.05, 4.69) is 16.0 Å². The predicted molar refractivity (Wildman–Crippen MR) is 134 cm³/mol. The number of amides is 2. The third-order valence-electron chi connectivity index (χ3n) is 7.00. The molecule has 0 bridgehead atoms. The summed E-state index contributed by atoms with van der Waals surface area (Å²) in [5.41, 5.74) is 0. The monoisotopic (exact) mass is 568 g/mol. The fourth-order valence-electron chi connectivity index (χ4n) is 4.75. The van der Waals surface area contributed by atoms with Gasteiger partial charge >= 0.3 is 5.97 Å². The van der Waals surface area contributed by atoms with E-state index in [0.717, 1.165) is 0 Å². The van der Waals surface area contributed by atoms with Gasteiger partial charge in [0.15, 0.2) is 5.79 Å². The van der Waals surface area contributed by atoms with Crippen LogP contribution in [0.3, 0.4) is 0 Å². The maximum atomic E-state index is 12.7. The lowest BCUT2D eigenvalue weighted by molar-refractivity contribution is -0.350. The lowest BCUT2D eigenvalue weighted by Gasteiger charge is -2.45. The van der Waals surface area contributed by atoms with Crippen LogP contribution in [0.5, 0.6) is 0 Å². The van der Waals surface area contributed by atoms with E-state index in [0.29, 0.717) is 45.2 Å². The lowest BCUT2D eigenvalue weighted by atomic mass is 9.91. The van der Waals surface area contributed by atoms with Gasteiger partial charge in [0.2, 0.25) is 11.8 Å². The molecule has 15 heteroatoms. The van der Waals surface area contributed by atoms with E-state index in [1.165, 1.54) is 11.8 Å². The molecular weight excluding hydrogens is 528 g/mol. The molecule has 0 spiro atoms. The van der Waals surface area contributed by atoms with E-state index in [1.807, 2.05) is 0 Å². The highest BCUT2D eigenvalue weighted by Crippen LogP contribution is 2.30. The first-order valence-corrected chi connectivity index (χ1v) is 13.4. The predicted octanol–water partition coefficient (Wildman–Crippen LogP) is -2.97. The van der Waals surface area contributed by atoms with Crippen molar-refractivity contribution in [3.63, 3.8) is 0 Å². The number of likely N-dealkylation sites (tertiary alicyclic amines) is 1. The number of carbonyl (C=O) groups is 3. The zero-order chi connectivity index (χ0) is 28.5. The summed E-state index contributed by atoms with van der Waals surface area (Å²) in [7, 11) is 0. The van der Waals surface area contributed by atoms with Crippen molar-refractivity contribution in [2.45, 2.75) is 93.8 Å². The van der Waals surface area contributed by atoms with Crippen molar-refractivity contribution in [2.75, 3.05) is 32.2 Å². The second kappa shape index (κ2) is 15.2. The fraction of sp³-hybridized carbons (Fsp3) is 0.870. The van der Waals surface area contributed by atoms with Crippen molar-refractivity contribution < 1.29 is 49.8 Å². The van der Waals surface area contributed by atoms with Crippen LogP contribution >= 0.6 is 11.6 Å². The molecule has 8 atom stereocenters. The van der Waals surface area contributed by atoms with Gasteiger partial charge in [0.05, 0.1) is 18.7 Å². The highest BCUT2D eigenvalue weighted by molar-refractivity contribution is 6.17. The molecule has 2 fully saturated rings. The number of aliphatic carboxylic acids is 1. The van der Waals surface area contributed by atoms with Gasteiger partial charge in [-0.3, -0.25) is 14.9 Å². The maximum Gasteiger partial charge on any atom is 0.326 e. The fourth-order valence-corrected chi connectivity index (χ4v) is 4.94. The van der Waals surface area contributed by atoms with Crippen LogP contribution < -0.4 is 16.0 Å². The number of hydrogen-bond donors (Lipinski definition) is 9. The topological polar surface area (TPSA) is 221 Å². The molecule has 38 heavy (non-hydrogen) atoms. The number of aliphatic hydroxyl groups excluding tert-OH is 4. The summed E-state index contributed by atoms with van der Waals surface area (Å²) < 4.78 is 5.21. The number of ether oxygens (including phenoxy) is 1. The molecule has 2 aliphatic heterocycles. The minimum Gasteiger partial charge on any atom is -0.480 e. The highest BCUT2D eigenvalue weighted by Gasteiger charge is 2.52. The number of alkyl halides is 1. The molecule has 2 rings (SSSR count). The zero-order valence-electron chi connectivity index (χ0n) is 21.5. The van der Waals surface area contributed by atoms with Gasteiger partial charge in [0, 0.05) is 19.5 Å². The van der Waals surface area contributed by atoms with Crippen LogP contribution in [-0.2, 0) is 19.1 Å². The van der Waals surface area contributed by atoms with Crippen LogP contribution in [0.25, 0.3) is 0 Å². The van der Waals surface area contributed by atoms with Gasteiger partial charge in [-0.25, -0.2) is 4.79 Å². The van der Waals surface area contributed by atoms with E-state index in [4.69, 9.17) is 16.3 Å². The van der Waals surface area contributed by atoms with Crippen molar-refractivity contribution in [1.82, 2.24) is 20.9 Å². The summed E-state index contributed by atoms with van der Waals surface area (Å²) in [5, 5.41) is 67.4. The van der Waals surface area contributed by atoms with Crippen molar-refractivity contribution in [3.05, 3.63) is 0 Å². The van der Waals surface area contributed by atoms with Crippen molar-refractivity contribution in [2.24, 2.45) is 0 Å². The molecular formula is C23H41ClN4O10. The van der Waals surface area contributed by atoms with Crippen molar-refractivity contribution in [3.8, 4) is 0 Å². The Balaban J connectivity index is 1.73. The molecule has 0 saturated carbocycles. The first kappa shape index (κ1) is 32.6. The molecule has 2 saturated heterocycles. The van der Waals surface area contributed by atoms with Crippen LogP contribution in [0.1, 0.15) is 45.4 Å². The molecule has 0 radical (unpaired) electrons. The first-order valence-electron chi connectivity index (χ1n) is 12.9. The molecule has 0 aromatic heterocycles. The van der Waals surface area contributed by atoms with Gasteiger partial charge in [0.1, 0.15) is 36.5 Å². The van der Waals surface area contributed by atoms with Gasteiger partial charge in [-0.15, -0.1) is 11.6 Å². The van der Waals surface area contributed by atoms with Gasteiger partial charge < -0.3 is 50.9 Å². The van der Waals surface area contributed by atoms with Crippen molar-refractivity contribution in [1.29, 1.82) is 0 Å². The van der Waals surface area contributed by atoms with E-state index < -0.39 is 72.7 Å². The highest BCUT2D eigenvalue weighted by atomic mass is 35.5. The molecule has 9 N–H and O–H groups in total. The van der Waals surface area contributed by atoms with Crippen LogP contribution in [-0.4, -0.2) is 134 Å². The number of unbranched alkanes of at least 4 members (excludes halogenated alkanes) is 1. The van der Waals surface area contributed by atoms with Gasteiger partial charge in [0.25, 0.3) is 0 Å². The summed E-state index contributed by atoms with van der Waals surface area (Å²) in [6, 6.07) is -2.42. The average molecular weight is 569 g/mol. The number of carboxylic acid groups (broad SMARTS) is 1. The third-order valence-corrected chi connectivity index (χ3v) is 7.15. The minimum absolute atomic E-state index is 0.0160. The Kier molecular flexibility index (Phi) is 13.1. The van der Waals surface area contributed by atoms with E-state index in [9.17, 15) is 45.0 Å². The Morgan fingerprint density at radius 1 is 1.16 bits per heavy atom. The third kappa shape index (κ3) is 8.44. The summed E-state index contributed by atoms with van der Waals surface area (Å²) in [6.07, 6.45) is -3.67. The second-order valence-electron chi connectivity index (χ2n) is 9.75. The number of halogens is 1. The summed E-state index contributed by atoms with van der Waals surface area (Å²) in [4.78, 5) is 38.0. The Morgan fingerprint density at radius 3 is 2.50 bits per heavy atom. The molecule has 1 unspecified atom stereocenters. The van der Waals surface area contributed by atoms with E-state index in [1.54, 1.807) is 0 Å². The number of carboxylic acids is 1. The Bertz CT molecular complexity index is 793. The largest absolute Gasteiger partial charge is 0.480 e. The van der Waals surface area contributed by atoms with E-state index >= 15 is 0 Å². The summed E-state index contributed by atoms with van der Waals surface area (Å²) in [5.74, 6) is -4.07. The summed E-state index contributed by atoms with van der Waals surface area (Å²) in [6.45, 7) is 1.91. The quantitative estimate of drug-likeness (QED) is 0.0549. The average Bonchev–Trinajstić information content (AvgIpc) is 3.38. The number of rotatable bonds is 15. The number of carbonyl (C=O) groups excluding carboxylic acids is 2. The standard InChI is InChI=1S/C23H41ClN4O10/c1-13(21(34)28-10-4-6-15(28)22(35)36)27-20(33)14(26-12-24)5-2-3-8-25-9-7-23(37)19(32)18(31)17(30)16(11-29)38-23/h13-19,25-26,29-32,37H,2-12H2,1H3,(H,27,33)(H,35,36)/t13-,14-,15-,16+,17-,18-,19+,23?/m0/s1. The molecule has 2 aliphatic rings. The molecule has 2 heterocycles. The number of nitrogens with zero attached hydrogens (tertiary/aromatic N) is 1. The molecule has 220 valence electrons. The molecule has 0 aromatic carbocycles. The first-order chi connectivity index (χ1) is 18.0. The van der Waals surface area contributed by atoms with Crippen LogP contribution in [0.4, 0.5) is 0 Å². The lowest BCUT2D eigenvalue weighted by Crippen LogP contribution is -2.65. The van der Waals surface area contributed by atoms with Gasteiger partial charge in [-0.2, -0.15) is 0 Å². The van der Waals surface area contributed by atoms with Gasteiger partial charge in [-0.1, -0.05) is 6.42 Å². The number of aliphatic hydroxyl groups is 5. The van der Waals surface area contributed by atoms with Crippen LogP contribution in [0, 0.1) is 0 Å². The van der Waals surface area contributed by atoms with Crippen LogP contribution in [0.15, 0.2) is 0 Å². The van der Waals surface area contributed by atoms with Crippen molar-refractivity contribution >= 4 is 29.4 Å². The molecule has 0 aromatic rings. The minimum atomic E-state index is -2.14. The molecule has 2 amide bonds. The summed E-state index contributed by atoms with van der Waals surface area (Å²) >= 11 is 5.77. The zero-order valence-corrected chi connectivity index (χ0v) is 22.2. The maximum absolute atomic E-state index is 12.7. The van der Waals surface area contributed by atoms with Gasteiger partial charge in [-0.05, 0) is 39.2 Å². The molecule has 0 aliphatic carbocycles. The number of nitrogens with one attached hydrogen (secondary N) is 3. The SMILES string of the molecule is C[C@H](NC(=O)[C@H](CCCCNCCC1(O)O[C@H](CO)[C@H](O)[C@H](O)[C@H]1O)NCCl)C(=O)N1CCC[C@H]1C(=O)O. The number of hydrogen-bond acceptors (Lipinski definition) is 11. The molecule has 14 nitrogen and oxygen atoms in total.